The number of hydrogen-bond acceptors (Lipinski definition) is 3. The third-order valence-corrected chi connectivity index (χ3v) is 6.66. The molecule has 4 heterocycles. The number of nitrogens with zero attached hydrogens (tertiary/aromatic N) is 2. The van der Waals surface area contributed by atoms with Gasteiger partial charge >= 0.3 is 6.03 Å². The van der Waals surface area contributed by atoms with E-state index in [2.05, 4.69) is 27.4 Å². The Hall–Kier alpha value is -1.56. The molecule has 2 aromatic rings. The smallest absolute Gasteiger partial charge is 0.320 e. The summed E-state index contributed by atoms with van der Waals surface area (Å²) in [5.74, 6) is 1.14. The van der Waals surface area contributed by atoms with E-state index in [4.69, 9.17) is 23.2 Å². The zero-order chi connectivity index (χ0) is 18.3. The lowest BCUT2D eigenvalue weighted by Crippen LogP contribution is -2.57. The maximum atomic E-state index is 12.4. The highest BCUT2D eigenvalue weighted by molar-refractivity contribution is 6.45. The fraction of sp³-hybridized carbons (Fsp3) is 0.474. The number of amides is 2. The van der Waals surface area contributed by atoms with Crippen molar-refractivity contribution < 1.29 is 4.79 Å². The number of urea groups is 1. The van der Waals surface area contributed by atoms with Gasteiger partial charge in [-0.3, -0.25) is 5.32 Å². The molecule has 26 heavy (non-hydrogen) atoms. The van der Waals surface area contributed by atoms with Gasteiger partial charge in [-0.1, -0.05) is 36.2 Å². The third kappa shape index (κ3) is 3.36. The zero-order valence-corrected chi connectivity index (χ0v) is 16.2. The summed E-state index contributed by atoms with van der Waals surface area (Å²) in [6, 6.07) is 5.10. The molecule has 3 saturated heterocycles. The Morgan fingerprint density at radius 3 is 2.81 bits per heavy atom. The van der Waals surface area contributed by atoms with Gasteiger partial charge in [-0.15, -0.1) is 0 Å². The van der Waals surface area contributed by atoms with E-state index < -0.39 is 0 Å². The number of carbonyl (C=O) groups excluding carboxylic acids is 1. The first-order chi connectivity index (χ1) is 12.4. The number of benzene rings is 1. The van der Waals surface area contributed by atoms with E-state index >= 15 is 0 Å². The molecule has 0 aliphatic carbocycles. The molecule has 2 N–H and O–H groups in total. The predicted molar refractivity (Wildman–Crippen MR) is 106 cm³/mol. The molecule has 3 aliphatic heterocycles. The number of nitrogens with one attached hydrogen (secondary N) is 2. The Bertz CT molecular complexity index is 851. The molecule has 3 aliphatic rings. The third-order valence-electron chi connectivity index (χ3n) is 5.84. The van der Waals surface area contributed by atoms with Crippen molar-refractivity contribution in [2.75, 3.05) is 31.5 Å². The Morgan fingerprint density at radius 2 is 2.12 bits per heavy atom. The van der Waals surface area contributed by atoms with E-state index in [-0.39, 0.29) is 11.4 Å². The van der Waals surface area contributed by atoms with Crippen molar-refractivity contribution in [3.63, 3.8) is 0 Å². The van der Waals surface area contributed by atoms with Crippen LogP contribution < -0.4 is 10.6 Å². The number of hydrogen-bond donors (Lipinski definition) is 2. The summed E-state index contributed by atoms with van der Waals surface area (Å²) in [6.07, 6.45) is 4.14. The molecular formula is C19H22Cl2N4O. The van der Waals surface area contributed by atoms with Crippen LogP contribution in [-0.4, -0.2) is 42.1 Å². The highest BCUT2D eigenvalue weighted by Gasteiger charge is 2.43. The lowest BCUT2D eigenvalue weighted by molar-refractivity contribution is -0.0140. The zero-order valence-electron chi connectivity index (χ0n) is 14.7. The molecule has 2 bridgehead atoms. The van der Waals surface area contributed by atoms with E-state index in [1.807, 2.05) is 6.07 Å². The molecule has 0 unspecified atom stereocenters. The van der Waals surface area contributed by atoms with Gasteiger partial charge in [0.1, 0.15) is 5.82 Å². The minimum atomic E-state index is -0.243. The van der Waals surface area contributed by atoms with E-state index in [9.17, 15) is 4.79 Å². The molecule has 2 amide bonds. The van der Waals surface area contributed by atoms with Crippen LogP contribution in [0.5, 0.6) is 0 Å². The Balaban J connectivity index is 1.42. The topological polar surface area (TPSA) is 57.3 Å². The van der Waals surface area contributed by atoms with Crippen LogP contribution in [0.4, 0.5) is 10.6 Å². The Labute approximate surface area is 163 Å². The summed E-state index contributed by atoms with van der Waals surface area (Å²) in [4.78, 5) is 19.1. The maximum absolute atomic E-state index is 12.4. The number of rotatable bonds is 3. The van der Waals surface area contributed by atoms with Crippen LogP contribution in [0.1, 0.15) is 19.8 Å². The van der Waals surface area contributed by atoms with Gasteiger partial charge in [-0.25, -0.2) is 9.78 Å². The van der Waals surface area contributed by atoms with Crippen molar-refractivity contribution in [3.05, 3.63) is 34.4 Å². The number of pyridine rings is 1. The van der Waals surface area contributed by atoms with Crippen LogP contribution >= 0.6 is 23.2 Å². The van der Waals surface area contributed by atoms with Crippen molar-refractivity contribution in [2.24, 2.45) is 11.3 Å². The summed E-state index contributed by atoms with van der Waals surface area (Å²) in [5.41, 5.74) is 0.140. The van der Waals surface area contributed by atoms with Gasteiger partial charge in [0.15, 0.2) is 0 Å². The van der Waals surface area contributed by atoms with Gasteiger partial charge in [0.05, 0.1) is 10.0 Å². The summed E-state index contributed by atoms with van der Waals surface area (Å²) >= 11 is 12.3. The lowest BCUT2D eigenvalue weighted by Gasteiger charge is -2.51. The molecule has 7 heteroatoms. The molecule has 1 atom stereocenters. The monoisotopic (exact) mass is 392 g/mol. The highest BCUT2D eigenvalue weighted by atomic mass is 35.5. The maximum Gasteiger partial charge on any atom is 0.320 e. The Kier molecular flexibility index (Phi) is 4.71. The standard InChI is InChI=1S/C19H22Cl2N4O/c1-19(11-25-6-4-13(19)5-7-25)10-23-18(26)24-16-8-14-12(9-22-16)2-3-15(20)17(14)21/h2-3,8-9,13H,4-7,10-11H2,1H3,(H2,22,23,24,26)/t19-/m1/s1. The molecule has 5 rings (SSSR count). The van der Waals surface area contributed by atoms with Crippen molar-refractivity contribution in [1.82, 2.24) is 15.2 Å². The van der Waals surface area contributed by atoms with Crippen LogP contribution in [0, 0.1) is 11.3 Å². The van der Waals surface area contributed by atoms with Crippen LogP contribution in [0.15, 0.2) is 24.4 Å². The molecule has 138 valence electrons. The average Bonchev–Trinajstić information content (AvgIpc) is 2.64. The first kappa shape index (κ1) is 17.8. The number of anilines is 1. The van der Waals surface area contributed by atoms with Crippen LogP contribution in [0.2, 0.25) is 10.0 Å². The largest absolute Gasteiger partial charge is 0.337 e. The van der Waals surface area contributed by atoms with Gasteiger partial charge < -0.3 is 10.2 Å². The van der Waals surface area contributed by atoms with E-state index in [1.165, 1.54) is 25.9 Å². The predicted octanol–water partition coefficient (Wildman–Crippen LogP) is 4.40. The first-order valence-electron chi connectivity index (χ1n) is 8.96. The summed E-state index contributed by atoms with van der Waals surface area (Å²) in [7, 11) is 0. The van der Waals surface area contributed by atoms with Gasteiger partial charge in [0.2, 0.25) is 0 Å². The van der Waals surface area contributed by atoms with Crippen molar-refractivity contribution >= 4 is 45.8 Å². The van der Waals surface area contributed by atoms with Crippen LogP contribution in [0.3, 0.4) is 0 Å². The van der Waals surface area contributed by atoms with Crippen LogP contribution in [-0.2, 0) is 0 Å². The van der Waals surface area contributed by atoms with E-state index in [1.54, 1.807) is 18.3 Å². The van der Waals surface area contributed by atoms with Gasteiger partial charge in [0.25, 0.3) is 0 Å². The fourth-order valence-corrected chi connectivity index (χ4v) is 4.68. The minimum absolute atomic E-state index is 0.140. The van der Waals surface area contributed by atoms with Gasteiger partial charge in [-0.05, 0) is 44.0 Å². The Morgan fingerprint density at radius 1 is 1.35 bits per heavy atom. The van der Waals surface area contributed by atoms with Gasteiger partial charge in [-0.2, -0.15) is 0 Å². The molecule has 0 spiro atoms. The first-order valence-corrected chi connectivity index (χ1v) is 9.71. The number of halogens is 2. The minimum Gasteiger partial charge on any atom is -0.337 e. The molecule has 3 fully saturated rings. The average molecular weight is 393 g/mol. The molecule has 1 aromatic heterocycles. The van der Waals surface area contributed by atoms with Crippen molar-refractivity contribution in [2.45, 2.75) is 19.8 Å². The molecule has 0 radical (unpaired) electrons. The van der Waals surface area contributed by atoms with Crippen LogP contribution in [0.25, 0.3) is 10.8 Å². The molecule has 1 aromatic carbocycles. The second-order valence-corrected chi connectivity index (χ2v) is 8.45. The number of fused-ring (bicyclic) bond motifs is 4. The second kappa shape index (κ2) is 6.87. The van der Waals surface area contributed by atoms with Crippen molar-refractivity contribution in [3.8, 4) is 0 Å². The molecule has 5 nitrogen and oxygen atoms in total. The summed E-state index contributed by atoms with van der Waals surface area (Å²) in [6.45, 7) is 6.38. The lowest BCUT2D eigenvalue weighted by atomic mass is 9.68. The quantitative estimate of drug-likeness (QED) is 0.813. The fourth-order valence-electron chi connectivity index (χ4n) is 4.29. The normalized spacial score (nSPS) is 27.5. The van der Waals surface area contributed by atoms with Crippen molar-refractivity contribution in [1.29, 1.82) is 0 Å². The summed E-state index contributed by atoms with van der Waals surface area (Å²) in [5, 5.41) is 8.43. The van der Waals surface area contributed by atoms with E-state index in [0.29, 0.717) is 28.3 Å². The van der Waals surface area contributed by atoms with E-state index in [0.717, 1.165) is 17.3 Å². The molecular weight excluding hydrogens is 371 g/mol. The summed E-state index contributed by atoms with van der Waals surface area (Å²) < 4.78 is 0. The highest BCUT2D eigenvalue weighted by Crippen LogP contribution is 2.41. The molecule has 0 saturated carbocycles. The number of aromatic nitrogens is 1. The number of carbonyl (C=O) groups is 1. The number of piperidine rings is 3. The SMILES string of the molecule is C[C@@]1(CNC(=O)Nc2cc3c(Cl)c(Cl)ccc3cn2)CN2CCC1CC2. The van der Waals surface area contributed by atoms with Gasteiger partial charge in [0, 0.05) is 35.5 Å². The second-order valence-electron chi connectivity index (χ2n) is 7.66.